The SMILES string of the molecule is CC(C)c1ccc(N2CCNS2(=O)=O)cc1. The van der Waals surface area contributed by atoms with Gasteiger partial charge in [-0.1, -0.05) is 26.0 Å². The van der Waals surface area contributed by atoms with Gasteiger partial charge in [0.1, 0.15) is 0 Å². The Labute approximate surface area is 96.5 Å². The van der Waals surface area contributed by atoms with Crippen molar-refractivity contribution < 1.29 is 8.42 Å². The van der Waals surface area contributed by atoms with E-state index in [0.29, 0.717) is 19.0 Å². The molecule has 2 rings (SSSR count). The first-order valence-corrected chi connectivity index (χ1v) is 6.82. The second-order valence-corrected chi connectivity index (χ2v) is 5.90. The Morgan fingerprint density at radius 3 is 2.31 bits per heavy atom. The van der Waals surface area contributed by atoms with Crippen molar-refractivity contribution in [3.05, 3.63) is 29.8 Å². The van der Waals surface area contributed by atoms with E-state index in [9.17, 15) is 8.42 Å². The summed E-state index contributed by atoms with van der Waals surface area (Å²) in [6.45, 7) is 5.21. The van der Waals surface area contributed by atoms with E-state index in [1.807, 2.05) is 24.3 Å². The second kappa shape index (κ2) is 4.07. The van der Waals surface area contributed by atoms with Gasteiger partial charge in [-0.25, -0.2) is 0 Å². The molecule has 0 aromatic heterocycles. The van der Waals surface area contributed by atoms with E-state index < -0.39 is 10.2 Å². The molecule has 1 aliphatic rings. The van der Waals surface area contributed by atoms with Crippen LogP contribution in [0, 0.1) is 0 Å². The molecule has 1 heterocycles. The van der Waals surface area contributed by atoms with Crippen LogP contribution in [0.3, 0.4) is 0 Å². The maximum atomic E-state index is 11.6. The van der Waals surface area contributed by atoms with Crippen molar-refractivity contribution in [3.63, 3.8) is 0 Å². The molecular formula is C11H16N2O2S. The van der Waals surface area contributed by atoms with Gasteiger partial charge in [-0.2, -0.15) is 13.1 Å². The van der Waals surface area contributed by atoms with Gasteiger partial charge in [0.05, 0.1) is 5.69 Å². The van der Waals surface area contributed by atoms with E-state index in [0.717, 1.165) is 5.69 Å². The molecule has 0 bridgehead atoms. The van der Waals surface area contributed by atoms with Crippen molar-refractivity contribution in [2.24, 2.45) is 0 Å². The normalized spacial score (nSPS) is 19.3. The molecule has 1 aromatic carbocycles. The lowest BCUT2D eigenvalue weighted by atomic mass is 10.0. The first kappa shape index (κ1) is 11.4. The standard InChI is InChI=1S/C11H16N2O2S/c1-9(2)10-3-5-11(6-4-10)13-8-7-12-16(13,14)15/h3-6,9,12H,7-8H2,1-2H3. The van der Waals surface area contributed by atoms with Gasteiger partial charge in [0.15, 0.2) is 0 Å². The lowest BCUT2D eigenvalue weighted by Crippen LogP contribution is -2.29. The van der Waals surface area contributed by atoms with Crippen LogP contribution in [0.2, 0.25) is 0 Å². The number of hydrogen-bond donors (Lipinski definition) is 1. The molecule has 0 spiro atoms. The Morgan fingerprint density at radius 1 is 1.25 bits per heavy atom. The zero-order valence-electron chi connectivity index (χ0n) is 9.47. The third-order valence-corrected chi connectivity index (χ3v) is 4.28. The van der Waals surface area contributed by atoms with Crippen LogP contribution in [0.4, 0.5) is 5.69 Å². The zero-order chi connectivity index (χ0) is 11.8. The average molecular weight is 240 g/mol. The highest BCUT2D eigenvalue weighted by molar-refractivity contribution is 7.91. The fourth-order valence-corrected chi connectivity index (χ4v) is 3.00. The van der Waals surface area contributed by atoms with Crippen molar-refractivity contribution in [1.29, 1.82) is 0 Å². The largest absolute Gasteiger partial charge is 0.301 e. The minimum Gasteiger partial charge on any atom is -0.257 e. The van der Waals surface area contributed by atoms with Gasteiger partial charge in [0.25, 0.3) is 0 Å². The highest BCUT2D eigenvalue weighted by Gasteiger charge is 2.27. The van der Waals surface area contributed by atoms with Gasteiger partial charge < -0.3 is 0 Å². The quantitative estimate of drug-likeness (QED) is 0.851. The lowest BCUT2D eigenvalue weighted by Gasteiger charge is -2.16. The lowest BCUT2D eigenvalue weighted by molar-refractivity contribution is 0.591. The van der Waals surface area contributed by atoms with Gasteiger partial charge in [0, 0.05) is 13.1 Å². The Bertz CT molecular complexity index is 465. The van der Waals surface area contributed by atoms with Crippen LogP contribution in [0.25, 0.3) is 0 Å². The molecular weight excluding hydrogens is 224 g/mol. The number of hydrogen-bond acceptors (Lipinski definition) is 2. The summed E-state index contributed by atoms with van der Waals surface area (Å²) in [6.07, 6.45) is 0. The summed E-state index contributed by atoms with van der Waals surface area (Å²) < 4.78 is 27.1. The fraction of sp³-hybridized carbons (Fsp3) is 0.455. The Kier molecular flexibility index (Phi) is 2.90. The summed E-state index contributed by atoms with van der Waals surface area (Å²) in [6, 6.07) is 7.68. The summed E-state index contributed by atoms with van der Waals surface area (Å²) in [7, 11) is -3.29. The van der Waals surface area contributed by atoms with E-state index in [-0.39, 0.29) is 0 Å². The molecule has 0 radical (unpaired) electrons. The van der Waals surface area contributed by atoms with Gasteiger partial charge in [-0.15, -0.1) is 0 Å². The van der Waals surface area contributed by atoms with E-state index in [1.165, 1.54) is 9.87 Å². The van der Waals surface area contributed by atoms with Crippen LogP contribution in [-0.2, 0) is 10.2 Å². The van der Waals surface area contributed by atoms with E-state index in [4.69, 9.17) is 0 Å². The number of benzene rings is 1. The van der Waals surface area contributed by atoms with Crippen LogP contribution in [-0.4, -0.2) is 21.5 Å². The third-order valence-electron chi connectivity index (χ3n) is 2.74. The Morgan fingerprint density at radius 2 is 1.88 bits per heavy atom. The predicted octanol–water partition coefficient (Wildman–Crippen LogP) is 1.46. The molecule has 0 aliphatic carbocycles. The maximum Gasteiger partial charge on any atom is 0.301 e. The number of nitrogens with zero attached hydrogens (tertiary/aromatic N) is 1. The molecule has 1 fully saturated rings. The molecule has 0 saturated carbocycles. The summed E-state index contributed by atoms with van der Waals surface area (Å²) in [5.74, 6) is 0.461. The number of nitrogens with one attached hydrogen (secondary N) is 1. The second-order valence-electron chi connectivity index (χ2n) is 4.22. The predicted molar refractivity (Wildman–Crippen MR) is 64.8 cm³/mol. The van der Waals surface area contributed by atoms with Crippen LogP contribution in [0.5, 0.6) is 0 Å². The summed E-state index contributed by atoms with van der Waals surface area (Å²) in [5.41, 5.74) is 1.95. The molecule has 88 valence electrons. The monoisotopic (exact) mass is 240 g/mol. The third kappa shape index (κ3) is 2.05. The van der Waals surface area contributed by atoms with Gasteiger partial charge >= 0.3 is 10.2 Å². The van der Waals surface area contributed by atoms with E-state index >= 15 is 0 Å². The van der Waals surface area contributed by atoms with Gasteiger partial charge in [0.2, 0.25) is 0 Å². The summed E-state index contributed by atoms with van der Waals surface area (Å²) in [5, 5.41) is 0. The van der Waals surface area contributed by atoms with Crippen molar-refractivity contribution in [2.45, 2.75) is 19.8 Å². The molecule has 16 heavy (non-hydrogen) atoms. The number of rotatable bonds is 2. The highest BCUT2D eigenvalue weighted by Crippen LogP contribution is 2.22. The average Bonchev–Trinajstić information content (AvgIpc) is 2.58. The molecule has 0 unspecified atom stereocenters. The Balaban J connectivity index is 2.29. The summed E-state index contributed by atoms with van der Waals surface area (Å²) >= 11 is 0. The van der Waals surface area contributed by atoms with Crippen molar-refractivity contribution in [2.75, 3.05) is 17.4 Å². The molecule has 1 N–H and O–H groups in total. The van der Waals surface area contributed by atoms with Crippen molar-refractivity contribution in [3.8, 4) is 0 Å². The molecule has 1 aliphatic heterocycles. The van der Waals surface area contributed by atoms with Gasteiger partial charge in [-0.05, 0) is 23.6 Å². The van der Waals surface area contributed by atoms with Crippen LogP contribution >= 0.6 is 0 Å². The smallest absolute Gasteiger partial charge is 0.257 e. The zero-order valence-corrected chi connectivity index (χ0v) is 10.3. The highest BCUT2D eigenvalue weighted by atomic mass is 32.2. The molecule has 5 heteroatoms. The minimum atomic E-state index is -3.29. The minimum absolute atomic E-state index is 0.461. The van der Waals surface area contributed by atoms with Crippen LogP contribution in [0.1, 0.15) is 25.3 Å². The van der Waals surface area contributed by atoms with Crippen LogP contribution < -0.4 is 9.03 Å². The first-order chi connectivity index (χ1) is 7.50. The van der Waals surface area contributed by atoms with Gasteiger partial charge in [-0.3, -0.25) is 4.31 Å². The topological polar surface area (TPSA) is 49.4 Å². The van der Waals surface area contributed by atoms with Crippen molar-refractivity contribution in [1.82, 2.24) is 4.72 Å². The molecule has 1 saturated heterocycles. The Hall–Kier alpha value is -1.07. The number of anilines is 1. The molecule has 4 nitrogen and oxygen atoms in total. The van der Waals surface area contributed by atoms with Crippen molar-refractivity contribution >= 4 is 15.9 Å². The van der Waals surface area contributed by atoms with E-state index in [2.05, 4.69) is 18.6 Å². The molecule has 1 aromatic rings. The fourth-order valence-electron chi connectivity index (χ4n) is 1.77. The van der Waals surface area contributed by atoms with Crippen LogP contribution in [0.15, 0.2) is 24.3 Å². The maximum absolute atomic E-state index is 11.6. The molecule has 0 atom stereocenters. The summed E-state index contributed by atoms with van der Waals surface area (Å²) in [4.78, 5) is 0. The van der Waals surface area contributed by atoms with E-state index in [1.54, 1.807) is 0 Å². The molecule has 0 amide bonds. The first-order valence-electron chi connectivity index (χ1n) is 5.38.